The van der Waals surface area contributed by atoms with Crippen LogP contribution in [0, 0.1) is 0 Å². The summed E-state index contributed by atoms with van der Waals surface area (Å²) in [5.74, 6) is 0.677. The lowest BCUT2D eigenvalue weighted by molar-refractivity contribution is 0.150. The number of ether oxygens (including phenoxy) is 1. The Morgan fingerprint density at radius 1 is 1.44 bits per heavy atom. The van der Waals surface area contributed by atoms with Crippen LogP contribution in [-0.2, 0) is 0 Å². The minimum atomic E-state index is -0.545. The lowest BCUT2D eigenvalue weighted by Gasteiger charge is -2.17. The van der Waals surface area contributed by atoms with Gasteiger partial charge in [-0.15, -0.1) is 0 Å². The van der Waals surface area contributed by atoms with Crippen molar-refractivity contribution in [2.24, 2.45) is 0 Å². The summed E-state index contributed by atoms with van der Waals surface area (Å²) in [7, 11) is 5.54. The molecule has 1 aromatic rings. The van der Waals surface area contributed by atoms with Crippen LogP contribution in [0.15, 0.2) is 18.2 Å². The molecular weight excluding hydrogens is 226 g/mol. The fourth-order valence-corrected chi connectivity index (χ4v) is 1.68. The van der Waals surface area contributed by atoms with Crippen molar-refractivity contribution in [3.8, 4) is 5.75 Å². The molecular formula is C12H18ClNO2. The highest BCUT2D eigenvalue weighted by molar-refractivity contribution is 6.30. The van der Waals surface area contributed by atoms with Gasteiger partial charge in [0.1, 0.15) is 5.75 Å². The second-order valence-corrected chi connectivity index (χ2v) is 4.43. The number of methoxy groups -OCH3 is 1. The zero-order valence-corrected chi connectivity index (χ0v) is 10.7. The van der Waals surface area contributed by atoms with Crippen LogP contribution in [0.1, 0.15) is 18.1 Å². The molecule has 1 atom stereocenters. The lowest BCUT2D eigenvalue weighted by atomic mass is 10.1. The smallest absolute Gasteiger partial charge is 0.124 e. The van der Waals surface area contributed by atoms with Gasteiger partial charge in [-0.1, -0.05) is 11.6 Å². The van der Waals surface area contributed by atoms with E-state index in [1.54, 1.807) is 25.3 Å². The normalized spacial score (nSPS) is 12.9. The van der Waals surface area contributed by atoms with Crippen LogP contribution in [0.25, 0.3) is 0 Å². The van der Waals surface area contributed by atoms with Gasteiger partial charge in [-0.25, -0.2) is 0 Å². The molecule has 16 heavy (non-hydrogen) atoms. The number of rotatable bonds is 5. The third-order valence-corrected chi connectivity index (χ3v) is 2.64. The molecule has 0 aromatic heterocycles. The van der Waals surface area contributed by atoms with Crippen molar-refractivity contribution < 1.29 is 9.84 Å². The summed E-state index contributed by atoms with van der Waals surface area (Å²) in [5.41, 5.74) is 0.747. The molecule has 0 heterocycles. The first-order chi connectivity index (χ1) is 7.54. The SMILES string of the molecule is COc1ccc(Cl)cc1C(O)CCN(C)C. The summed E-state index contributed by atoms with van der Waals surface area (Å²) in [6.45, 7) is 0.816. The number of aliphatic hydroxyl groups excluding tert-OH is 1. The van der Waals surface area contributed by atoms with Gasteiger partial charge in [0.15, 0.2) is 0 Å². The number of halogens is 1. The van der Waals surface area contributed by atoms with E-state index in [4.69, 9.17) is 16.3 Å². The summed E-state index contributed by atoms with van der Waals surface area (Å²) in [6, 6.07) is 5.28. The molecule has 0 saturated carbocycles. The van der Waals surface area contributed by atoms with Gasteiger partial charge in [-0.3, -0.25) is 0 Å². The molecule has 0 fully saturated rings. The zero-order valence-electron chi connectivity index (χ0n) is 9.90. The highest BCUT2D eigenvalue weighted by atomic mass is 35.5. The van der Waals surface area contributed by atoms with Crippen LogP contribution in [0.3, 0.4) is 0 Å². The van der Waals surface area contributed by atoms with Gasteiger partial charge in [-0.2, -0.15) is 0 Å². The Hall–Kier alpha value is -0.770. The van der Waals surface area contributed by atoms with E-state index in [0.29, 0.717) is 17.2 Å². The van der Waals surface area contributed by atoms with E-state index in [9.17, 15) is 5.11 Å². The Kier molecular flexibility index (Phi) is 5.06. The summed E-state index contributed by atoms with van der Waals surface area (Å²) in [5, 5.41) is 10.7. The standard InChI is InChI=1S/C12H18ClNO2/c1-14(2)7-6-11(15)10-8-9(13)4-5-12(10)16-3/h4-5,8,11,15H,6-7H2,1-3H3. The highest BCUT2D eigenvalue weighted by Crippen LogP contribution is 2.29. The van der Waals surface area contributed by atoms with Crippen molar-refractivity contribution >= 4 is 11.6 Å². The maximum atomic E-state index is 10.0. The molecule has 0 amide bonds. The third kappa shape index (κ3) is 3.67. The van der Waals surface area contributed by atoms with E-state index in [2.05, 4.69) is 0 Å². The highest BCUT2D eigenvalue weighted by Gasteiger charge is 2.13. The summed E-state index contributed by atoms with van der Waals surface area (Å²) >= 11 is 5.90. The van der Waals surface area contributed by atoms with E-state index in [1.165, 1.54) is 0 Å². The molecule has 0 spiro atoms. The molecule has 0 saturated heterocycles. The van der Waals surface area contributed by atoms with Crippen LogP contribution in [0.2, 0.25) is 5.02 Å². The number of benzene rings is 1. The predicted molar refractivity (Wildman–Crippen MR) is 66.1 cm³/mol. The number of aliphatic hydroxyl groups is 1. The molecule has 0 aliphatic heterocycles. The fourth-order valence-electron chi connectivity index (χ4n) is 1.50. The van der Waals surface area contributed by atoms with E-state index in [1.807, 2.05) is 19.0 Å². The number of nitrogens with zero attached hydrogens (tertiary/aromatic N) is 1. The first-order valence-corrected chi connectivity index (χ1v) is 5.58. The van der Waals surface area contributed by atoms with E-state index in [0.717, 1.165) is 12.1 Å². The van der Waals surface area contributed by atoms with Crippen molar-refractivity contribution in [1.29, 1.82) is 0 Å². The molecule has 0 radical (unpaired) electrons. The molecule has 1 N–H and O–H groups in total. The zero-order chi connectivity index (χ0) is 12.1. The quantitative estimate of drug-likeness (QED) is 0.862. The molecule has 0 aliphatic carbocycles. The van der Waals surface area contributed by atoms with Gasteiger partial charge < -0.3 is 14.7 Å². The predicted octanol–water partition coefficient (Wildman–Crippen LogP) is 2.33. The molecule has 1 unspecified atom stereocenters. The Morgan fingerprint density at radius 3 is 2.69 bits per heavy atom. The Labute approximate surface area is 102 Å². The maximum absolute atomic E-state index is 10.0. The Balaban J connectivity index is 2.80. The third-order valence-electron chi connectivity index (χ3n) is 2.40. The van der Waals surface area contributed by atoms with Crippen LogP contribution in [0.5, 0.6) is 5.75 Å². The van der Waals surface area contributed by atoms with Gasteiger partial charge in [0.2, 0.25) is 0 Å². The molecule has 0 bridgehead atoms. The maximum Gasteiger partial charge on any atom is 0.124 e. The van der Waals surface area contributed by atoms with Gasteiger partial charge in [-0.05, 0) is 38.7 Å². The summed E-state index contributed by atoms with van der Waals surface area (Å²) in [4.78, 5) is 2.03. The average Bonchev–Trinajstić information content (AvgIpc) is 2.25. The number of hydrogen-bond donors (Lipinski definition) is 1. The first kappa shape index (κ1) is 13.3. The molecule has 1 rings (SSSR count). The first-order valence-electron chi connectivity index (χ1n) is 5.21. The van der Waals surface area contributed by atoms with Crippen LogP contribution >= 0.6 is 11.6 Å². The van der Waals surface area contributed by atoms with Gasteiger partial charge in [0.25, 0.3) is 0 Å². The number of hydrogen-bond acceptors (Lipinski definition) is 3. The minimum Gasteiger partial charge on any atom is -0.496 e. The van der Waals surface area contributed by atoms with Crippen molar-refractivity contribution in [1.82, 2.24) is 4.90 Å². The van der Waals surface area contributed by atoms with E-state index < -0.39 is 6.10 Å². The molecule has 3 nitrogen and oxygen atoms in total. The van der Waals surface area contributed by atoms with Gasteiger partial charge >= 0.3 is 0 Å². The molecule has 0 aliphatic rings. The molecule has 1 aromatic carbocycles. The summed E-state index contributed by atoms with van der Waals surface area (Å²) < 4.78 is 5.20. The van der Waals surface area contributed by atoms with Crippen molar-refractivity contribution in [3.05, 3.63) is 28.8 Å². The minimum absolute atomic E-state index is 0.545. The van der Waals surface area contributed by atoms with Crippen LogP contribution < -0.4 is 4.74 Å². The van der Waals surface area contributed by atoms with Crippen LogP contribution in [0.4, 0.5) is 0 Å². The monoisotopic (exact) mass is 243 g/mol. The lowest BCUT2D eigenvalue weighted by Crippen LogP contribution is -2.16. The van der Waals surface area contributed by atoms with Gasteiger partial charge in [0, 0.05) is 17.1 Å². The Morgan fingerprint density at radius 2 is 2.12 bits per heavy atom. The van der Waals surface area contributed by atoms with Crippen molar-refractivity contribution in [2.75, 3.05) is 27.7 Å². The average molecular weight is 244 g/mol. The van der Waals surface area contributed by atoms with E-state index >= 15 is 0 Å². The largest absolute Gasteiger partial charge is 0.496 e. The summed E-state index contributed by atoms with van der Waals surface area (Å²) in [6.07, 6.45) is 0.111. The molecule has 4 heteroatoms. The second-order valence-electron chi connectivity index (χ2n) is 3.99. The van der Waals surface area contributed by atoms with Crippen molar-refractivity contribution in [3.63, 3.8) is 0 Å². The van der Waals surface area contributed by atoms with E-state index in [-0.39, 0.29) is 0 Å². The molecule has 90 valence electrons. The second kappa shape index (κ2) is 6.09. The Bertz CT molecular complexity index is 342. The van der Waals surface area contributed by atoms with Crippen molar-refractivity contribution in [2.45, 2.75) is 12.5 Å². The van der Waals surface area contributed by atoms with Crippen LogP contribution in [-0.4, -0.2) is 37.8 Å². The van der Waals surface area contributed by atoms with Gasteiger partial charge in [0.05, 0.1) is 13.2 Å². The fraction of sp³-hybridized carbons (Fsp3) is 0.500. The topological polar surface area (TPSA) is 32.7 Å².